The van der Waals surface area contributed by atoms with E-state index >= 15 is 0 Å². The van der Waals surface area contributed by atoms with E-state index in [-0.39, 0.29) is 87.4 Å². The monoisotopic (exact) mass is 2270 g/mol. The average molecular weight is 2270 g/mol. The first-order chi connectivity index (χ1) is 69.7. The van der Waals surface area contributed by atoms with Crippen LogP contribution in [0.4, 0.5) is 0 Å². The third kappa shape index (κ3) is 32.0. The number of alkyl halides is 3. The van der Waals surface area contributed by atoms with E-state index in [0.717, 1.165) is 96.9 Å². The number of aromatic nitrogens is 6. The summed E-state index contributed by atoms with van der Waals surface area (Å²) in [6, 6.07) is 50.8. The number of methoxy groups -OCH3 is 11. The molecule has 3 aliphatic rings. The van der Waals surface area contributed by atoms with Crippen molar-refractivity contribution in [3.63, 3.8) is 0 Å². The van der Waals surface area contributed by atoms with E-state index in [1.807, 2.05) is 92.4 Å². The number of thioether (sulfide) groups is 3. The number of benzene rings is 3. The van der Waals surface area contributed by atoms with Crippen LogP contribution in [0.25, 0.3) is 33.4 Å². The zero-order chi connectivity index (χ0) is 106. The van der Waals surface area contributed by atoms with Gasteiger partial charge in [-0.1, -0.05) is 102 Å². The van der Waals surface area contributed by atoms with Gasteiger partial charge in [-0.05, 0) is 249 Å². The molecule has 15 rings (SSSR count). The summed E-state index contributed by atoms with van der Waals surface area (Å²) in [5, 5.41) is 34.5. The fourth-order valence-corrected chi connectivity index (χ4v) is 17.9. The van der Waals surface area contributed by atoms with Crippen LogP contribution in [-0.2, 0) is 56.2 Å². The summed E-state index contributed by atoms with van der Waals surface area (Å²) >= 11 is 14.0. The Labute approximate surface area is 903 Å². The molecular weight excluding hydrogens is 2160 g/mol. The van der Waals surface area contributed by atoms with E-state index in [0.29, 0.717) is 136 Å². The molecule has 0 saturated carbocycles. The number of amides is 2. The topological polar surface area (TPSA) is 537 Å². The normalized spacial score (nSPS) is 12.6. The second-order valence-electron chi connectivity index (χ2n) is 31.0. The van der Waals surface area contributed by atoms with Crippen molar-refractivity contribution in [2.75, 3.05) is 97.0 Å². The van der Waals surface area contributed by atoms with Gasteiger partial charge in [-0.25, -0.2) is 49.1 Å². The molecule has 37 nitrogen and oxygen atoms in total. The number of aromatic carboxylic acids is 2. The first-order valence-electron chi connectivity index (χ1n) is 44.1. The standard InChI is InChI=1S/C27H27BrN2O5S.C27H27N3O8S.C20H23NO4S.C8H8BrNO2.C8H9NO2.C7H6BrNO2.C7H7NO2.Li.2H2O/c1-33-22-12-15-8-10-19(30-27(32)20-7-5-6-16(14-28)29-20)18-13-21(31)23(36-4)11-9-17(18)24(15)26(35-3)25(22)34-2;1-35-22-12-15-8-10-19(29-27(32)20-7-5-6-16(28-20)14-38-30(33)34)18-13-21(31)23(39-4)11-9-17(18)24(15)26(37-3)25(22)36-2;1-23-16-9-11-5-7-14(21)13-10-15(22)17(26-4)8-6-12(13)18(11)20(25-3)19(16)24-2;1-12-8(11)7-4-2-3-6(5-9)10-7;1-6-4-3-5-7(9-6)8(10)11-2;8-4-5-2-1-3-6(9-5)7(10)11;1-5-3-2-4-6(8-5)7(9)10;;;/h5-7,9,11-13,19H,8,10,14H2,1-4H3,(H,30,32);5-7,9,11-13,19H,8,10,14H2,1-4H3,(H,29,32);6,8-10,14H,5,7,21H2,1-4H3;2-4H,5H2,1H3;3-5H,1-2H3;1-3H,4H2,(H,10,11);2-4H,1H3,(H,9,10);;2*1H2/q;;;;;;;+1;;/p-1/t2*19-;14-;;;;;;;/m000......./s1. The molecule has 6 aromatic carbocycles. The van der Waals surface area contributed by atoms with Crippen molar-refractivity contribution >= 4 is 119 Å². The van der Waals surface area contributed by atoms with Crippen molar-refractivity contribution in [1.29, 1.82) is 0 Å². The number of carbonyl (C=O) groups excluding carboxylic acids is 4. The van der Waals surface area contributed by atoms with Gasteiger partial charge in [0.15, 0.2) is 50.8 Å². The fraction of sp³-hybridized carbons (Fsp3) is 0.279. The molecule has 0 saturated heterocycles. The van der Waals surface area contributed by atoms with Crippen LogP contribution in [0.2, 0.25) is 0 Å². The van der Waals surface area contributed by atoms with Gasteiger partial charge in [-0.15, -0.1) is 45.4 Å². The average Bonchev–Trinajstić information content (AvgIpc) is 1.60. The molecule has 6 heterocycles. The Morgan fingerprint density at radius 2 is 0.696 bits per heavy atom. The van der Waals surface area contributed by atoms with Crippen molar-refractivity contribution < 1.29 is 131 Å². The van der Waals surface area contributed by atoms with Gasteiger partial charge in [0.1, 0.15) is 40.8 Å². The number of nitrogens with zero attached hydrogens (tertiary/aromatic N) is 7. The number of carboxylic acids is 2. The van der Waals surface area contributed by atoms with Gasteiger partial charge in [0.2, 0.25) is 17.2 Å². The van der Waals surface area contributed by atoms with Crippen LogP contribution in [0.5, 0.6) is 51.7 Å². The molecule has 12 aromatic rings. The van der Waals surface area contributed by atoms with E-state index in [1.54, 1.807) is 148 Å². The molecule has 0 fully saturated rings. The third-order valence-electron chi connectivity index (χ3n) is 22.2. The maximum Gasteiger partial charge on any atom is 1.00 e. The third-order valence-corrected chi connectivity index (χ3v) is 26.3. The SMILES string of the molecule is COC(=O)c1cccc(C)n1.COC(=O)c1cccc(CBr)n1.COc1cc2c(c(OC)c1OC)-c1ccc(SC)c(=O)cc1[C@@H](N)CC2.COc1cc2c(c(OC)c1OC)-c1ccc(SC)c(=O)cc1[C@@H](NC(=O)c1cccc(CBr)n1)CC2.COc1cc2c(c(OC)c1OC)-c1ccc(SC)c(=O)cc1[C@@H](NC(=O)c1cccc(CO[N+](=O)[O-])n1)CC2.Cc1cccc(C(=O)O)n1.O.O=C(O)c1cccc(CBr)n1.[Li+].[OH-]. The zero-order valence-corrected chi connectivity index (χ0v) is 91.1. The summed E-state index contributed by atoms with van der Waals surface area (Å²) in [5.74, 6) is 1.13. The molecule has 2 amide bonds. The Morgan fingerprint density at radius 3 is 1.01 bits per heavy atom. The number of aryl methyl sites for hydroxylation is 5. The number of nitrogens with one attached hydrogen (secondary N) is 2. The smallest absolute Gasteiger partial charge is 0.870 e. The van der Waals surface area contributed by atoms with Gasteiger partial charge < -0.3 is 94.5 Å². The van der Waals surface area contributed by atoms with Crippen molar-refractivity contribution in [2.45, 2.75) is 108 Å². The van der Waals surface area contributed by atoms with Crippen molar-refractivity contribution in [1.82, 2.24) is 40.5 Å². The molecule has 778 valence electrons. The largest absolute Gasteiger partial charge is 1.00 e. The number of pyridine rings is 6. The second kappa shape index (κ2) is 60.6. The number of ether oxygens (including phenoxy) is 11. The Bertz CT molecular complexity index is 6920. The van der Waals surface area contributed by atoms with Crippen LogP contribution in [0.3, 0.4) is 0 Å². The summed E-state index contributed by atoms with van der Waals surface area (Å²) in [6.07, 6.45) is 9.26. The van der Waals surface area contributed by atoms with Crippen LogP contribution in [0, 0.1) is 24.0 Å². The molecule has 0 spiro atoms. The number of hydrogen-bond acceptors (Lipinski definition) is 34. The molecular formula is C104H110Br3LiN10O27S3. The van der Waals surface area contributed by atoms with Crippen molar-refractivity contribution in [3.05, 3.63) is 324 Å². The molecule has 6 aromatic heterocycles. The molecule has 0 radical (unpaired) electrons. The number of nitrogens with two attached hydrogens (primary N) is 1. The summed E-state index contributed by atoms with van der Waals surface area (Å²) < 4.78 is 59.8. The van der Waals surface area contributed by atoms with Gasteiger partial charge in [0.25, 0.3) is 16.9 Å². The number of carboxylic acid groups (broad SMARTS) is 2. The molecule has 0 aliphatic heterocycles. The quantitative estimate of drug-likeness (QED) is 0.00839. The zero-order valence-electron chi connectivity index (χ0n) is 83.9. The molecule has 3 aliphatic carbocycles. The second-order valence-corrected chi connectivity index (χ2v) is 35.3. The van der Waals surface area contributed by atoms with Crippen LogP contribution in [0.15, 0.2) is 211 Å². The minimum atomic E-state index is -0.993. The van der Waals surface area contributed by atoms with Crippen molar-refractivity contribution in [3.8, 4) is 85.1 Å². The molecule has 3 atom stereocenters. The van der Waals surface area contributed by atoms with Gasteiger partial charge in [0, 0.05) is 50.1 Å². The Balaban J connectivity index is 0.000000281. The Kier molecular flexibility index (Phi) is 50.4. The molecule has 148 heavy (non-hydrogen) atoms. The first-order valence-corrected chi connectivity index (χ1v) is 51.1. The maximum atomic E-state index is 13.3. The molecule has 9 N–H and O–H groups in total. The summed E-state index contributed by atoms with van der Waals surface area (Å²) in [5.41, 5.74) is 21.5. The summed E-state index contributed by atoms with van der Waals surface area (Å²) in [6.45, 7) is 3.20. The van der Waals surface area contributed by atoms with E-state index in [2.05, 4.69) is 103 Å². The summed E-state index contributed by atoms with van der Waals surface area (Å²) in [4.78, 5) is 149. The van der Waals surface area contributed by atoms with Gasteiger partial charge >= 0.3 is 42.7 Å². The van der Waals surface area contributed by atoms with E-state index in [9.17, 15) is 53.3 Å². The van der Waals surface area contributed by atoms with Crippen LogP contribution in [0.1, 0.15) is 168 Å². The van der Waals surface area contributed by atoms with Crippen LogP contribution < -0.4 is 94.1 Å². The van der Waals surface area contributed by atoms with E-state index < -0.39 is 47.0 Å². The minimum Gasteiger partial charge on any atom is -0.870 e. The minimum absolute atomic E-state index is 0. The number of halogens is 3. The summed E-state index contributed by atoms with van der Waals surface area (Å²) in [7, 11) is 16.8. The molecule has 0 unspecified atom stereocenters. The van der Waals surface area contributed by atoms with Crippen molar-refractivity contribution in [2.24, 2.45) is 5.73 Å². The Hall–Kier alpha value is -13.6. The van der Waals surface area contributed by atoms with Crippen LogP contribution >= 0.6 is 83.1 Å². The van der Waals surface area contributed by atoms with E-state index in [1.165, 1.54) is 88.0 Å². The number of rotatable bonds is 26. The number of fused-ring (bicyclic) bond motifs is 9. The number of esters is 2. The Morgan fingerprint density at radius 1 is 0.405 bits per heavy atom. The van der Waals surface area contributed by atoms with Gasteiger partial charge in [-0.3, -0.25) is 24.0 Å². The van der Waals surface area contributed by atoms with Gasteiger partial charge in [-0.2, -0.15) is 0 Å². The predicted molar refractivity (Wildman–Crippen MR) is 568 cm³/mol. The number of carbonyl (C=O) groups is 6. The van der Waals surface area contributed by atoms with Gasteiger partial charge in [0.05, 0.1) is 128 Å². The molecule has 0 bridgehead atoms. The first kappa shape index (κ1) is 123. The maximum absolute atomic E-state index is 13.3. The fourth-order valence-electron chi connectivity index (χ4n) is 15.5. The van der Waals surface area contributed by atoms with E-state index in [4.69, 9.17) is 58.6 Å². The van der Waals surface area contributed by atoms with Crippen LogP contribution in [-0.4, -0.2) is 189 Å². The number of hydrogen-bond donors (Lipinski definition) is 5. The molecule has 44 heteroatoms. The predicted octanol–water partition coefficient (Wildman–Crippen LogP) is 14.3.